The number of hydrogen-bond acceptors (Lipinski definition) is 4. The summed E-state index contributed by atoms with van der Waals surface area (Å²) in [5, 5.41) is 32.8. The number of aliphatic hydroxyl groups excluding tert-OH is 3. The van der Waals surface area contributed by atoms with E-state index in [1.54, 1.807) is 6.08 Å². The maximum absolute atomic E-state index is 12.3. The lowest BCUT2D eigenvalue weighted by Crippen LogP contribution is -2.45. The molecule has 0 aromatic heterocycles. The fourth-order valence-electron chi connectivity index (χ4n) is 4.70. The summed E-state index contributed by atoms with van der Waals surface area (Å²) in [6.45, 7) is 4.09. The lowest BCUT2D eigenvalue weighted by Gasteiger charge is -2.21. The number of amides is 1. The van der Waals surface area contributed by atoms with Gasteiger partial charge in [0.25, 0.3) is 0 Å². The molecule has 238 valence electrons. The molecule has 1 amide bonds. The molecule has 0 radical (unpaired) electrons. The summed E-state index contributed by atoms with van der Waals surface area (Å²) in [6.07, 6.45) is 38.1. The Morgan fingerprint density at radius 1 is 0.634 bits per heavy atom. The van der Waals surface area contributed by atoms with Crippen LogP contribution in [0.3, 0.4) is 0 Å². The molecule has 4 N–H and O–H groups in total. The highest BCUT2D eigenvalue weighted by molar-refractivity contribution is 5.76. The molecule has 5 nitrogen and oxygen atoms in total. The molecule has 0 aliphatic heterocycles. The minimum Gasteiger partial charge on any atom is -0.394 e. The van der Waals surface area contributed by atoms with Crippen LogP contribution in [0.1, 0.15) is 149 Å². The van der Waals surface area contributed by atoms with E-state index in [0.29, 0.717) is 6.42 Å². The zero-order chi connectivity index (χ0) is 30.2. The van der Waals surface area contributed by atoms with E-state index < -0.39 is 18.2 Å². The van der Waals surface area contributed by atoms with Gasteiger partial charge in [-0.2, -0.15) is 0 Å². The lowest BCUT2D eigenvalue weighted by atomic mass is 10.0. The molecule has 5 heteroatoms. The zero-order valence-electron chi connectivity index (χ0n) is 26.7. The highest BCUT2D eigenvalue weighted by Crippen LogP contribution is 2.13. The van der Waals surface area contributed by atoms with E-state index in [1.807, 2.05) is 6.08 Å². The van der Waals surface area contributed by atoms with Crippen molar-refractivity contribution >= 4 is 5.91 Å². The number of nitrogens with one attached hydrogen (secondary N) is 1. The van der Waals surface area contributed by atoms with Crippen LogP contribution < -0.4 is 5.32 Å². The summed E-state index contributed by atoms with van der Waals surface area (Å²) >= 11 is 0. The third kappa shape index (κ3) is 28.2. The first-order chi connectivity index (χ1) is 20.0. The molecular formula is C36H65NO4. The van der Waals surface area contributed by atoms with Crippen molar-refractivity contribution in [3.63, 3.8) is 0 Å². The molecule has 0 aliphatic rings. The van der Waals surface area contributed by atoms with E-state index in [9.17, 15) is 20.1 Å². The molecule has 3 atom stereocenters. The van der Waals surface area contributed by atoms with Gasteiger partial charge in [-0.15, -0.1) is 0 Å². The second-order valence-electron chi connectivity index (χ2n) is 11.4. The van der Waals surface area contributed by atoms with Gasteiger partial charge in [-0.3, -0.25) is 4.79 Å². The van der Waals surface area contributed by atoms with Gasteiger partial charge in [-0.25, -0.2) is 0 Å². The fourth-order valence-corrected chi connectivity index (χ4v) is 4.70. The smallest absolute Gasteiger partial charge is 0.222 e. The van der Waals surface area contributed by atoms with Crippen LogP contribution in [0.2, 0.25) is 0 Å². The highest BCUT2D eigenvalue weighted by atomic mass is 16.3. The van der Waals surface area contributed by atoms with E-state index in [-0.39, 0.29) is 18.9 Å². The third-order valence-corrected chi connectivity index (χ3v) is 7.37. The van der Waals surface area contributed by atoms with Gasteiger partial charge in [0.15, 0.2) is 0 Å². The van der Waals surface area contributed by atoms with Gasteiger partial charge in [0.1, 0.15) is 0 Å². The van der Waals surface area contributed by atoms with E-state index in [2.05, 4.69) is 55.6 Å². The molecule has 0 bridgehead atoms. The van der Waals surface area contributed by atoms with Gasteiger partial charge in [0.2, 0.25) is 5.91 Å². The number of carbonyl (C=O) groups excluding carboxylic acids is 1. The van der Waals surface area contributed by atoms with Crippen molar-refractivity contribution < 1.29 is 20.1 Å². The van der Waals surface area contributed by atoms with Gasteiger partial charge >= 0.3 is 0 Å². The van der Waals surface area contributed by atoms with Crippen LogP contribution in [0.4, 0.5) is 0 Å². The molecule has 0 saturated carbocycles. The maximum Gasteiger partial charge on any atom is 0.222 e. The Labute approximate surface area is 253 Å². The maximum atomic E-state index is 12.3. The van der Waals surface area contributed by atoms with E-state index in [4.69, 9.17) is 0 Å². The summed E-state index contributed by atoms with van der Waals surface area (Å²) in [6, 6.07) is -0.760. The minimum atomic E-state index is -0.951. The van der Waals surface area contributed by atoms with Crippen LogP contribution in [0.15, 0.2) is 48.6 Å². The molecule has 0 saturated heterocycles. The summed E-state index contributed by atoms with van der Waals surface area (Å²) in [5.41, 5.74) is 0. The van der Waals surface area contributed by atoms with Gasteiger partial charge in [-0.1, -0.05) is 133 Å². The first-order valence-corrected chi connectivity index (χ1v) is 16.9. The topological polar surface area (TPSA) is 89.8 Å². The summed E-state index contributed by atoms with van der Waals surface area (Å²) in [5.74, 6) is -0.336. The van der Waals surface area contributed by atoms with Gasteiger partial charge < -0.3 is 20.6 Å². The van der Waals surface area contributed by atoms with E-state index in [0.717, 1.165) is 38.5 Å². The molecule has 3 unspecified atom stereocenters. The van der Waals surface area contributed by atoms with Crippen LogP contribution in [0.25, 0.3) is 0 Å². The summed E-state index contributed by atoms with van der Waals surface area (Å²) < 4.78 is 0. The Hall–Kier alpha value is -1.69. The molecule has 0 aromatic rings. The second kappa shape index (κ2) is 31.3. The average molecular weight is 576 g/mol. The van der Waals surface area contributed by atoms with Crippen LogP contribution in [0.5, 0.6) is 0 Å². The molecular weight excluding hydrogens is 510 g/mol. The molecule has 0 heterocycles. The van der Waals surface area contributed by atoms with Gasteiger partial charge in [0, 0.05) is 0 Å². The fraction of sp³-hybridized carbons (Fsp3) is 0.750. The Bertz CT molecular complexity index is 685. The SMILES string of the molecule is CCCCC/C=C\C=C/CCCCCCCCCCC(O)CC(=O)NC(CO)C(O)/C=C/CC/C=C/CCCCC. The number of rotatable bonds is 29. The third-order valence-electron chi connectivity index (χ3n) is 7.37. The first kappa shape index (κ1) is 39.3. The van der Waals surface area contributed by atoms with Crippen molar-refractivity contribution in [3.8, 4) is 0 Å². The Balaban J connectivity index is 3.78. The van der Waals surface area contributed by atoms with Crippen molar-refractivity contribution in [2.75, 3.05) is 6.61 Å². The molecule has 0 aliphatic carbocycles. The number of allylic oxidation sites excluding steroid dienone is 7. The molecule has 0 aromatic carbocycles. The van der Waals surface area contributed by atoms with Crippen LogP contribution >= 0.6 is 0 Å². The number of aliphatic hydroxyl groups is 3. The minimum absolute atomic E-state index is 0.00114. The Kier molecular flexibility index (Phi) is 30.0. The quantitative estimate of drug-likeness (QED) is 0.0408. The lowest BCUT2D eigenvalue weighted by molar-refractivity contribution is -0.124. The van der Waals surface area contributed by atoms with E-state index in [1.165, 1.54) is 83.5 Å². The van der Waals surface area contributed by atoms with Crippen molar-refractivity contribution in [2.24, 2.45) is 0 Å². The molecule has 0 fully saturated rings. The van der Waals surface area contributed by atoms with Crippen molar-refractivity contribution in [3.05, 3.63) is 48.6 Å². The number of hydrogen-bond donors (Lipinski definition) is 4. The van der Waals surface area contributed by atoms with Crippen LogP contribution in [-0.4, -0.2) is 46.1 Å². The van der Waals surface area contributed by atoms with Crippen molar-refractivity contribution in [1.82, 2.24) is 5.32 Å². The zero-order valence-corrected chi connectivity index (χ0v) is 26.7. The molecule has 0 spiro atoms. The predicted octanol–water partition coefficient (Wildman–Crippen LogP) is 8.64. The van der Waals surface area contributed by atoms with Gasteiger partial charge in [-0.05, 0) is 57.8 Å². The Morgan fingerprint density at radius 3 is 1.71 bits per heavy atom. The molecule has 0 rings (SSSR count). The number of carbonyl (C=O) groups is 1. The second-order valence-corrected chi connectivity index (χ2v) is 11.4. The van der Waals surface area contributed by atoms with Crippen molar-refractivity contribution in [2.45, 2.75) is 167 Å². The van der Waals surface area contributed by atoms with Crippen molar-refractivity contribution in [1.29, 1.82) is 0 Å². The first-order valence-electron chi connectivity index (χ1n) is 16.9. The summed E-state index contributed by atoms with van der Waals surface area (Å²) in [7, 11) is 0. The normalized spacial score (nSPS) is 14.6. The van der Waals surface area contributed by atoms with Gasteiger partial charge in [0.05, 0.1) is 31.3 Å². The monoisotopic (exact) mass is 575 g/mol. The highest BCUT2D eigenvalue weighted by Gasteiger charge is 2.20. The standard InChI is InChI=1S/C36H65NO4/c1-3-5-7-9-11-13-14-15-16-17-18-19-20-22-23-25-27-29-33(39)31-36(41)37-34(32-38)35(40)30-28-26-24-21-12-10-8-6-4-2/h11-15,21,28,30,33-35,38-40H,3-10,16-20,22-27,29,31-32H2,1-2H3,(H,37,41)/b13-11-,15-14-,21-12+,30-28+. The predicted molar refractivity (Wildman–Crippen MR) is 176 cm³/mol. The van der Waals surface area contributed by atoms with Crippen LogP contribution in [-0.2, 0) is 4.79 Å². The Morgan fingerprint density at radius 2 is 1.12 bits per heavy atom. The van der Waals surface area contributed by atoms with E-state index >= 15 is 0 Å². The average Bonchev–Trinajstić information content (AvgIpc) is 2.96. The molecule has 41 heavy (non-hydrogen) atoms. The van der Waals surface area contributed by atoms with Crippen LogP contribution in [0, 0.1) is 0 Å². The largest absolute Gasteiger partial charge is 0.394 e. The summed E-state index contributed by atoms with van der Waals surface area (Å²) in [4.78, 5) is 12.3. The number of unbranched alkanes of at least 4 members (excludes halogenated alkanes) is 15.